The minimum atomic E-state index is -4.61. The molecule has 0 atom stereocenters. The van der Waals surface area contributed by atoms with Gasteiger partial charge in [-0.1, -0.05) is 69.3 Å². The third-order valence-electron chi connectivity index (χ3n) is 5.44. The van der Waals surface area contributed by atoms with E-state index in [1.54, 1.807) is 6.92 Å². The average molecular weight is 490 g/mol. The quantitative estimate of drug-likeness (QED) is 0.344. The van der Waals surface area contributed by atoms with Crippen LogP contribution in [0, 0.1) is 0 Å². The van der Waals surface area contributed by atoms with Crippen LogP contribution in [0.5, 0.6) is 0 Å². The molecule has 2 aromatic carbocycles. The van der Waals surface area contributed by atoms with E-state index in [0.717, 1.165) is 22.3 Å². The Morgan fingerprint density at radius 1 is 0.971 bits per heavy atom. The van der Waals surface area contributed by atoms with Crippen LogP contribution in [-0.2, 0) is 19.1 Å². The molecule has 0 aliphatic rings. The predicted molar refractivity (Wildman–Crippen MR) is 129 cm³/mol. The van der Waals surface area contributed by atoms with E-state index in [2.05, 4.69) is 35.9 Å². The first kappa shape index (κ1) is 26.8. The molecule has 0 aliphatic carbocycles. The predicted octanol–water partition coefficient (Wildman–Crippen LogP) is 5.26. The van der Waals surface area contributed by atoms with Gasteiger partial charge in [0.25, 0.3) is 0 Å². The van der Waals surface area contributed by atoms with Crippen molar-refractivity contribution in [1.29, 1.82) is 0 Å². The Hall–Kier alpha value is -2.82. The third kappa shape index (κ3) is 6.06. The average Bonchev–Trinajstić information content (AvgIpc) is 3.36. The molecular formula is C24H24F3N7Na. The Bertz CT molecular complexity index is 1260. The van der Waals surface area contributed by atoms with Crippen molar-refractivity contribution >= 4 is 35.4 Å². The van der Waals surface area contributed by atoms with Crippen molar-refractivity contribution in [2.24, 2.45) is 0 Å². The fraction of sp³-hybridized carbons (Fsp3) is 0.292. The number of H-pyrrole nitrogens is 1. The van der Waals surface area contributed by atoms with Gasteiger partial charge in [0.2, 0.25) is 5.82 Å². The van der Waals surface area contributed by atoms with Gasteiger partial charge in [-0.05, 0) is 39.5 Å². The largest absolute Gasteiger partial charge is 0.451 e. The molecule has 4 aromatic rings. The molecule has 2 heterocycles. The normalized spacial score (nSPS) is 11.4. The molecule has 11 heteroatoms. The van der Waals surface area contributed by atoms with Gasteiger partial charge >= 0.3 is 6.18 Å². The Morgan fingerprint density at radius 3 is 2.23 bits per heavy atom. The van der Waals surface area contributed by atoms with E-state index in [1.165, 1.54) is 0 Å². The van der Waals surface area contributed by atoms with Crippen LogP contribution in [0.2, 0.25) is 0 Å². The summed E-state index contributed by atoms with van der Waals surface area (Å²) in [5.74, 6) is -0.353. The summed E-state index contributed by atoms with van der Waals surface area (Å²) in [7, 11) is 0. The zero-order chi connectivity index (χ0) is 24.3. The molecule has 0 aliphatic heterocycles. The number of aromatic amines is 1. The molecule has 2 N–H and O–H groups in total. The fourth-order valence-electron chi connectivity index (χ4n) is 3.86. The first-order valence-electron chi connectivity index (χ1n) is 10.9. The molecule has 0 saturated heterocycles. The van der Waals surface area contributed by atoms with Gasteiger partial charge in [0.05, 0.1) is 0 Å². The first-order valence-corrected chi connectivity index (χ1v) is 10.9. The molecule has 177 valence electrons. The smallest absolute Gasteiger partial charge is 0.366 e. The minimum Gasteiger partial charge on any atom is -0.366 e. The van der Waals surface area contributed by atoms with E-state index >= 15 is 0 Å². The van der Waals surface area contributed by atoms with Gasteiger partial charge in [-0.15, -0.1) is 5.10 Å². The van der Waals surface area contributed by atoms with Crippen LogP contribution in [0.15, 0.2) is 48.5 Å². The molecule has 0 unspecified atom stereocenters. The number of aromatic nitrogens is 6. The molecule has 1 radical (unpaired) electrons. The number of nitrogens with one attached hydrogen (secondary N) is 2. The summed E-state index contributed by atoms with van der Waals surface area (Å²) in [5, 5.41) is 17.2. The molecule has 0 bridgehead atoms. The number of benzene rings is 2. The summed E-state index contributed by atoms with van der Waals surface area (Å²) >= 11 is 0. The number of tetrazole rings is 1. The van der Waals surface area contributed by atoms with Gasteiger partial charge in [-0.25, -0.2) is 15.1 Å². The molecule has 0 amide bonds. The van der Waals surface area contributed by atoms with E-state index in [0.29, 0.717) is 30.0 Å². The Kier molecular flexibility index (Phi) is 8.63. The van der Waals surface area contributed by atoms with Gasteiger partial charge in [0.15, 0.2) is 5.82 Å². The van der Waals surface area contributed by atoms with E-state index in [9.17, 15) is 13.2 Å². The van der Waals surface area contributed by atoms with Gasteiger partial charge < -0.3 is 5.32 Å². The number of anilines is 1. The van der Waals surface area contributed by atoms with E-state index < -0.39 is 12.0 Å². The van der Waals surface area contributed by atoms with Crippen molar-refractivity contribution in [3.63, 3.8) is 0 Å². The Morgan fingerprint density at radius 2 is 1.66 bits per heavy atom. The number of hydrogen-bond acceptors (Lipinski definition) is 6. The van der Waals surface area contributed by atoms with Gasteiger partial charge in [-0.2, -0.15) is 13.2 Å². The molecule has 4 rings (SSSR count). The molecule has 7 nitrogen and oxygen atoms in total. The number of alkyl halides is 3. The zero-order valence-electron chi connectivity index (χ0n) is 20.0. The summed E-state index contributed by atoms with van der Waals surface area (Å²) in [6, 6.07) is 15.5. The van der Waals surface area contributed by atoms with E-state index in [4.69, 9.17) is 0 Å². The van der Waals surface area contributed by atoms with Crippen molar-refractivity contribution in [3.05, 3.63) is 71.2 Å². The summed E-state index contributed by atoms with van der Waals surface area (Å²) in [4.78, 5) is 7.61. The molecular weight excluding hydrogens is 466 g/mol. The van der Waals surface area contributed by atoms with Crippen molar-refractivity contribution in [2.75, 3.05) is 5.32 Å². The van der Waals surface area contributed by atoms with Crippen molar-refractivity contribution in [3.8, 4) is 22.5 Å². The van der Waals surface area contributed by atoms with Crippen molar-refractivity contribution in [1.82, 2.24) is 30.6 Å². The van der Waals surface area contributed by atoms with Gasteiger partial charge in [-0.3, -0.25) is 0 Å². The second kappa shape index (κ2) is 11.3. The van der Waals surface area contributed by atoms with Gasteiger partial charge in [0, 0.05) is 52.9 Å². The summed E-state index contributed by atoms with van der Waals surface area (Å²) < 4.78 is 40.1. The number of halogens is 3. The third-order valence-corrected chi connectivity index (χ3v) is 5.44. The molecule has 0 saturated carbocycles. The monoisotopic (exact) mass is 490 g/mol. The number of aryl methyl sites for hydroxylation is 1. The summed E-state index contributed by atoms with van der Waals surface area (Å²) in [5.41, 5.74) is 4.82. The maximum absolute atomic E-state index is 13.4. The Labute approximate surface area is 223 Å². The number of nitrogens with zero attached hydrogens (tertiary/aromatic N) is 5. The van der Waals surface area contributed by atoms with Crippen LogP contribution in [0.4, 0.5) is 19.0 Å². The van der Waals surface area contributed by atoms with Gasteiger partial charge in [0.1, 0.15) is 5.82 Å². The molecule has 2 aromatic heterocycles. The van der Waals surface area contributed by atoms with Crippen molar-refractivity contribution in [2.45, 2.75) is 45.8 Å². The van der Waals surface area contributed by atoms with Crippen LogP contribution >= 0.6 is 0 Å². The number of rotatable bonds is 7. The zero-order valence-corrected chi connectivity index (χ0v) is 22.0. The second-order valence-electron chi connectivity index (χ2n) is 8.11. The first-order chi connectivity index (χ1) is 16.3. The van der Waals surface area contributed by atoms with Crippen molar-refractivity contribution < 1.29 is 13.2 Å². The minimum absolute atomic E-state index is 0. The summed E-state index contributed by atoms with van der Waals surface area (Å²) in [6.45, 7) is 5.97. The molecule has 0 spiro atoms. The maximum atomic E-state index is 13.4. The number of hydrogen-bond donors (Lipinski definition) is 2. The fourth-order valence-corrected chi connectivity index (χ4v) is 3.86. The van der Waals surface area contributed by atoms with Crippen LogP contribution in [0.25, 0.3) is 22.5 Å². The van der Waals surface area contributed by atoms with E-state index in [1.807, 2.05) is 62.4 Å². The van der Waals surface area contributed by atoms with Crippen LogP contribution in [-0.4, -0.2) is 60.1 Å². The van der Waals surface area contributed by atoms with Crippen LogP contribution in [0.1, 0.15) is 49.3 Å². The molecule has 35 heavy (non-hydrogen) atoms. The second-order valence-corrected chi connectivity index (χ2v) is 8.11. The summed E-state index contributed by atoms with van der Waals surface area (Å²) in [6.07, 6.45) is -4.22. The van der Waals surface area contributed by atoms with Crippen LogP contribution in [0.3, 0.4) is 0 Å². The topological polar surface area (TPSA) is 92.3 Å². The standard InChI is InChI=1S/C24H24F3N7.Na/c1-4-19-20(14(2)3)22(30-23(29-19)24(25,26)27)28-13-15-9-11-16(12-10-15)17-7-5-6-8-18(17)21-31-33-34-32-21;/h5-12,14H,4,13H2,1-3H3,(H,28,29,30)(H,31,32,33,34);. The maximum Gasteiger partial charge on any atom is 0.451 e. The Balaban J connectivity index is 0.00000342. The SMILES string of the molecule is CCc1nc(C(F)(F)F)nc(NCc2ccc(-c3ccccc3-c3nnn[nH]3)cc2)c1C(C)C.[Na]. The molecule has 0 fully saturated rings. The van der Waals surface area contributed by atoms with Crippen LogP contribution < -0.4 is 5.32 Å². The van der Waals surface area contributed by atoms with E-state index in [-0.39, 0.29) is 41.3 Å².